The molecule has 0 saturated carbocycles. The second-order valence-electron chi connectivity index (χ2n) is 5.26. The molecule has 0 unspecified atom stereocenters. The highest BCUT2D eigenvalue weighted by Gasteiger charge is 2.38. The van der Waals surface area contributed by atoms with Crippen molar-refractivity contribution in [2.24, 2.45) is 5.73 Å². The summed E-state index contributed by atoms with van der Waals surface area (Å²) in [5.41, 5.74) is 7.72. The number of hydrogen-bond acceptors (Lipinski definition) is 3. The maximum Gasteiger partial charge on any atom is 0.234 e. The number of carbonyl (C=O) groups is 2. The number of hydrogen-bond donors (Lipinski definition) is 3. The van der Waals surface area contributed by atoms with E-state index >= 15 is 0 Å². The molecule has 1 aromatic carbocycles. The summed E-state index contributed by atoms with van der Waals surface area (Å²) in [6, 6.07) is 5.92. The van der Waals surface area contributed by atoms with Crippen molar-refractivity contribution in [3.05, 3.63) is 29.3 Å². The molecule has 0 spiro atoms. The first-order chi connectivity index (χ1) is 8.95. The van der Waals surface area contributed by atoms with Crippen molar-refractivity contribution in [2.75, 3.05) is 18.4 Å². The van der Waals surface area contributed by atoms with E-state index in [0.29, 0.717) is 6.54 Å². The maximum absolute atomic E-state index is 11.8. The van der Waals surface area contributed by atoms with Gasteiger partial charge in [-0.25, -0.2) is 0 Å². The molecule has 0 saturated heterocycles. The zero-order chi connectivity index (χ0) is 14.0. The van der Waals surface area contributed by atoms with Crippen LogP contribution in [0.2, 0.25) is 0 Å². The van der Waals surface area contributed by atoms with Gasteiger partial charge in [-0.1, -0.05) is 12.1 Å². The van der Waals surface area contributed by atoms with Gasteiger partial charge in [-0.2, -0.15) is 0 Å². The Morgan fingerprint density at radius 2 is 2.16 bits per heavy atom. The summed E-state index contributed by atoms with van der Waals surface area (Å²) in [5, 5.41) is 5.60. The van der Waals surface area contributed by atoms with Crippen molar-refractivity contribution in [2.45, 2.75) is 25.7 Å². The largest absolute Gasteiger partial charge is 0.355 e. The lowest BCUT2D eigenvalue weighted by Gasteiger charge is -2.15. The molecule has 5 heteroatoms. The minimum Gasteiger partial charge on any atom is -0.355 e. The summed E-state index contributed by atoms with van der Waals surface area (Å²) in [6.07, 6.45) is 0.725. The van der Waals surface area contributed by atoms with E-state index in [4.69, 9.17) is 5.73 Å². The molecule has 1 heterocycles. The summed E-state index contributed by atoms with van der Waals surface area (Å²) < 4.78 is 0. The number of fused-ring (bicyclic) bond motifs is 1. The van der Waals surface area contributed by atoms with Gasteiger partial charge < -0.3 is 16.4 Å². The van der Waals surface area contributed by atoms with E-state index in [0.717, 1.165) is 23.2 Å². The van der Waals surface area contributed by atoms with Gasteiger partial charge in [0.05, 0.1) is 12.0 Å². The van der Waals surface area contributed by atoms with Crippen LogP contribution in [0.25, 0.3) is 0 Å². The summed E-state index contributed by atoms with van der Waals surface area (Å²) in [7, 11) is 0. The molecule has 2 rings (SSSR count). The smallest absolute Gasteiger partial charge is 0.234 e. The first-order valence-electron chi connectivity index (χ1n) is 6.37. The summed E-state index contributed by atoms with van der Waals surface area (Å²) in [4.78, 5) is 22.9. The van der Waals surface area contributed by atoms with Gasteiger partial charge in [0.2, 0.25) is 11.8 Å². The second-order valence-corrected chi connectivity index (χ2v) is 5.26. The molecule has 1 aliphatic heterocycles. The topological polar surface area (TPSA) is 84.2 Å². The van der Waals surface area contributed by atoms with E-state index < -0.39 is 5.41 Å². The number of anilines is 1. The van der Waals surface area contributed by atoms with Crippen LogP contribution in [-0.2, 0) is 21.4 Å². The van der Waals surface area contributed by atoms with E-state index in [-0.39, 0.29) is 18.4 Å². The molecule has 0 aliphatic carbocycles. The van der Waals surface area contributed by atoms with Crippen LogP contribution in [0.15, 0.2) is 18.2 Å². The molecular formula is C14H19N3O2. The lowest BCUT2D eigenvalue weighted by atomic mass is 9.85. The number of nitrogens with two attached hydrogens (primary N) is 1. The van der Waals surface area contributed by atoms with E-state index in [9.17, 15) is 9.59 Å². The molecule has 1 aliphatic rings. The zero-order valence-electron chi connectivity index (χ0n) is 11.2. The van der Waals surface area contributed by atoms with Crippen LogP contribution in [0, 0.1) is 0 Å². The summed E-state index contributed by atoms with van der Waals surface area (Å²) in [6.45, 7) is 4.38. The maximum atomic E-state index is 11.8. The van der Waals surface area contributed by atoms with Crippen molar-refractivity contribution in [3.63, 3.8) is 0 Å². The van der Waals surface area contributed by atoms with Crippen molar-refractivity contribution >= 4 is 17.5 Å². The summed E-state index contributed by atoms with van der Waals surface area (Å²) in [5.74, 6) is -0.130. The van der Waals surface area contributed by atoms with Crippen molar-refractivity contribution < 1.29 is 9.59 Å². The fourth-order valence-electron chi connectivity index (χ4n) is 2.19. The Morgan fingerprint density at radius 1 is 1.42 bits per heavy atom. The summed E-state index contributed by atoms with van der Waals surface area (Å²) >= 11 is 0. The second kappa shape index (κ2) is 5.01. The molecule has 0 fully saturated rings. The molecule has 5 nitrogen and oxygen atoms in total. The molecule has 0 atom stereocenters. The first kappa shape index (κ1) is 13.5. The quantitative estimate of drug-likeness (QED) is 0.739. The third kappa shape index (κ3) is 2.61. The minimum absolute atomic E-state index is 0.00956. The van der Waals surface area contributed by atoms with Gasteiger partial charge in [-0.15, -0.1) is 0 Å². The Hall–Kier alpha value is -1.88. The Balaban J connectivity index is 2.08. The third-order valence-electron chi connectivity index (χ3n) is 3.49. The van der Waals surface area contributed by atoms with Gasteiger partial charge in [-0.3, -0.25) is 9.59 Å². The van der Waals surface area contributed by atoms with Gasteiger partial charge in [0, 0.05) is 12.2 Å². The van der Waals surface area contributed by atoms with Crippen LogP contribution in [0.1, 0.15) is 25.0 Å². The highest BCUT2D eigenvalue weighted by atomic mass is 16.2. The standard InChI is InChI=1S/C14H19N3O2/c1-14(2)10-7-9(5-6-16-12(18)8-15)3-4-11(10)17-13(14)19/h3-4,7H,5-6,8,15H2,1-2H3,(H,16,18)(H,17,19). The highest BCUT2D eigenvalue weighted by molar-refractivity contribution is 6.05. The molecular weight excluding hydrogens is 242 g/mol. The normalized spacial score (nSPS) is 15.8. The molecule has 1 aromatic rings. The number of nitrogens with one attached hydrogen (secondary N) is 2. The molecule has 19 heavy (non-hydrogen) atoms. The monoisotopic (exact) mass is 261 g/mol. The minimum atomic E-state index is -0.494. The number of carbonyl (C=O) groups excluding carboxylic acids is 2. The molecule has 4 N–H and O–H groups in total. The number of rotatable bonds is 4. The predicted molar refractivity (Wildman–Crippen MR) is 73.9 cm³/mol. The van der Waals surface area contributed by atoms with Crippen LogP contribution in [-0.4, -0.2) is 24.9 Å². The fourth-order valence-corrected chi connectivity index (χ4v) is 2.19. The average Bonchev–Trinajstić information content (AvgIpc) is 2.60. The van der Waals surface area contributed by atoms with Crippen LogP contribution >= 0.6 is 0 Å². The lowest BCUT2D eigenvalue weighted by Crippen LogP contribution is -2.31. The molecule has 0 aromatic heterocycles. The van der Waals surface area contributed by atoms with E-state index in [1.165, 1.54) is 0 Å². The Bertz CT molecular complexity index is 523. The van der Waals surface area contributed by atoms with E-state index in [2.05, 4.69) is 10.6 Å². The van der Waals surface area contributed by atoms with Crippen molar-refractivity contribution in [1.82, 2.24) is 5.32 Å². The highest BCUT2D eigenvalue weighted by Crippen LogP contribution is 2.37. The number of amides is 2. The first-order valence-corrected chi connectivity index (χ1v) is 6.37. The van der Waals surface area contributed by atoms with E-state index in [1.54, 1.807) is 0 Å². The van der Waals surface area contributed by atoms with Gasteiger partial charge >= 0.3 is 0 Å². The predicted octanol–water partition coefficient (Wildman–Crippen LogP) is 0.534. The van der Waals surface area contributed by atoms with Gasteiger partial charge in [0.25, 0.3) is 0 Å². The van der Waals surface area contributed by atoms with Gasteiger partial charge in [0.1, 0.15) is 0 Å². The van der Waals surface area contributed by atoms with Crippen LogP contribution in [0.4, 0.5) is 5.69 Å². The Labute approximate surface area is 112 Å². The average molecular weight is 261 g/mol. The van der Waals surface area contributed by atoms with Gasteiger partial charge in [0.15, 0.2) is 0 Å². The molecule has 102 valence electrons. The van der Waals surface area contributed by atoms with Crippen molar-refractivity contribution in [3.8, 4) is 0 Å². The van der Waals surface area contributed by atoms with Gasteiger partial charge in [-0.05, 0) is 37.5 Å². The van der Waals surface area contributed by atoms with Crippen LogP contribution < -0.4 is 16.4 Å². The van der Waals surface area contributed by atoms with E-state index in [1.807, 2.05) is 32.0 Å². The third-order valence-corrected chi connectivity index (χ3v) is 3.49. The van der Waals surface area contributed by atoms with Crippen molar-refractivity contribution in [1.29, 1.82) is 0 Å². The fraction of sp³-hybridized carbons (Fsp3) is 0.429. The molecule has 0 bridgehead atoms. The Kier molecular flexibility index (Phi) is 3.57. The van der Waals surface area contributed by atoms with Crippen LogP contribution in [0.3, 0.4) is 0 Å². The van der Waals surface area contributed by atoms with Crippen LogP contribution in [0.5, 0.6) is 0 Å². The number of benzene rings is 1. The molecule has 2 amide bonds. The zero-order valence-corrected chi connectivity index (χ0v) is 11.2. The SMILES string of the molecule is CC1(C)C(=O)Nc2ccc(CCNC(=O)CN)cc21. The molecule has 0 radical (unpaired) electrons. The lowest BCUT2D eigenvalue weighted by molar-refractivity contribution is -0.120. The Morgan fingerprint density at radius 3 is 2.84 bits per heavy atom.